The van der Waals surface area contributed by atoms with Gasteiger partial charge in [0.25, 0.3) is 5.79 Å². The Balaban J connectivity index is 1.39. The molecule has 5 rings (SSSR count). The second-order valence-corrected chi connectivity index (χ2v) is 20.9. The minimum Gasteiger partial charge on any atom is -0.477 e. The maximum absolute atomic E-state index is 13.0. The molecule has 0 aromatic carbocycles. The molecule has 5 aliphatic rings. The van der Waals surface area contributed by atoms with Crippen LogP contribution in [-0.4, -0.2) is 356 Å². The number of aliphatic hydroxyl groups is 18. The van der Waals surface area contributed by atoms with Crippen LogP contribution in [0.15, 0.2) is 0 Å². The summed E-state index contributed by atoms with van der Waals surface area (Å²) in [4.78, 5) is 62.7. The second-order valence-electron chi connectivity index (χ2n) is 20.9. The lowest BCUT2D eigenvalue weighted by Crippen LogP contribution is -2.71. The third kappa shape index (κ3) is 16.9. The lowest BCUT2D eigenvalue weighted by Gasteiger charge is -2.51. The van der Waals surface area contributed by atoms with Gasteiger partial charge >= 0.3 is 5.97 Å². The molecule has 85 heavy (non-hydrogen) atoms. The minimum absolute atomic E-state index is 0.828. The standard InChI is InChI=1S/C47H80N4O34/c1-13(58)48-17(6-52)37(29(66)20(64)12-76-42-26(50-15(3)60)32(69)38(23(10-56)79-42)82-44-35(72)34(71)30(67)21(8-54)77-44)81-43-27(51-16(4)61)33(70)39(24(11-57)80-43)83-45-36(73)41(31(68)22(9-55)78-45)85-47(46(74)75)5-18(62)25(49-14(2)59)40(84-47)28(65)19(63)7-53/h17-45,52-57,62-73H,5-12H2,1-4H3,(H,48,58)(H,49,59)(H,50,60)(H,51,61)(H,74,75)/t17-,18-,19+,20+,21+,22+,23+,24+,25+,26+,27+,28+,29-,30-,31-,32+,33+,34-,35+,36+,37+,38+,39+,40+,41-,42+,43-,44-,45-,47-/m0/s1. The lowest BCUT2D eigenvalue weighted by molar-refractivity contribution is -0.384. The Bertz CT molecular complexity index is 2160. The summed E-state index contributed by atoms with van der Waals surface area (Å²) in [5.41, 5.74) is 0. The topological polar surface area (TPSA) is 610 Å². The number of aliphatic hydroxyl groups excluding tert-OH is 18. The van der Waals surface area contributed by atoms with Crippen LogP contribution in [0.2, 0.25) is 0 Å². The molecular weight excluding hydrogens is 1160 g/mol. The summed E-state index contributed by atoms with van der Waals surface area (Å²) in [5.74, 6) is -8.80. The van der Waals surface area contributed by atoms with Crippen molar-refractivity contribution in [3.63, 3.8) is 0 Å². The summed E-state index contributed by atoms with van der Waals surface area (Å²) in [6.07, 6.45) is -52.1. The first-order chi connectivity index (χ1) is 39.9. The highest BCUT2D eigenvalue weighted by Crippen LogP contribution is 2.39. The normalized spacial score (nSPS) is 41.0. The molecule has 4 amide bonds. The molecule has 30 atom stereocenters. The minimum atomic E-state index is -3.22. The van der Waals surface area contributed by atoms with Gasteiger partial charge in [0, 0.05) is 34.1 Å². The van der Waals surface area contributed by atoms with Crippen molar-refractivity contribution in [3.05, 3.63) is 0 Å². The van der Waals surface area contributed by atoms with Crippen molar-refractivity contribution in [2.75, 3.05) is 46.2 Å². The number of carboxylic acid groups (broad SMARTS) is 1. The zero-order valence-electron chi connectivity index (χ0n) is 46.0. The first-order valence-electron chi connectivity index (χ1n) is 26.6. The number of carbonyl (C=O) groups excluding carboxylic acids is 4. The number of carbonyl (C=O) groups is 5. The first-order valence-corrected chi connectivity index (χ1v) is 26.6. The van der Waals surface area contributed by atoms with Gasteiger partial charge in [0.2, 0.25) is 23.6 Å². The van der Waals surface area contributed by atoms with Crippen molar-refractivity contribution < 1.29 is 168 Å². The number of ether oxygens (including phenoxy) is 10. The molecule has 0 saturated carbocycles. The van der Waals surface area contributed by atoms with E-state index in [0.29, 0.717) is 0 Å². The number of hydrogen-bond acceptors (Lipinski definition) is 33. The van der Waals surface area contributed by atoms with Crippen LogP contribution in [0.5, 0.6) is 0 Å². The van der Waals surface area contributed by atoms with Crippen LogP contribution in [-0.2, 0) is 71.3 Å². The van der Waals surface area contributed by atoms with E-state index >= 15 is 0 Å². The van der Waals surface area contributed by atoms with Crippen LogP contribution < -0.4 is 21.3 Å². The molecular formula is C47H80N4O34. The summed E-state index contributed by atoms with van der Waals surface area (Å²) in [6, 6.07) is -7.06. The van der Waals surface area contributed by atoms with Crippen LogP contribution in [0.3, 0.4) is 0 Å². The fourth-order valence-electron chi connectivity index (χ4n) is 10.3. The van der Waals surface area contributed by atoms with Gasteiger partial charge in [-0.25, -0.2) is 4.79 Å². The van der Waals surface area contributed by atoms with Crippen LogP contribution in [0.4, 0.5) is 0 Å². The van der Waals surface area contributed by atoms with Crippen LogP contribution in [0, 0.1) is 0 Å². The van der Waals surface area contributed by atoms with Crippen molar-refractivity contribution in [2.24, 2.45) is 0 Å². The average molecular weight is 1250 g/mol. The quantitative estimate of drug-likeness (QED) is 0.0363. The molecule has 492 valence electrons. The van der Waals surface area contributed by atoms with E-state index < -0.39 is 266 Å². The summed E-state index contributed by atoms with van der Waals surface area (Å²) in [7, 11) is 0. The zero-order valence-corrected chi connectivity index (χ0v) is 46.0. The average Bonchev–Trinajstić information content (AvgIpc) is 3.24. The Morgan fingerprint density at radius 1 is 0.529 bits per heavy atom. The van der Waals surface area contributed by atoms with Gasteiger partial charge in [-0.15, -0.1) is 0 Å². The Kier molecular flexibility index (Phi) is 26.8. The van der Waals surface area contributed by atoms with Gasteiger partial charge < -0.3 is 166 Å². The molecule has 0 aromatic heterocycles. The van der Waals surface area contributed by atoms with E-state index in [1.165, 1.54) is 0 Å². The first kappa shape index (κ1) is 72.0. The highest BCUT2D eigenvalue weighted by Gasteiger charge is 2.61. The molecule has 0 spiro atoms. The van der Waals surface area contributed by atoms with Crippen molar-refractivity contribution in [1.29, 1.82) is 0 Å². The molecule has 38 nitrogen and oxygen atoms in total. The SMILES string of the molecule is CC(=O)N[C@H]1[C@H](OC[C@@H](O)[C@H](O)[C@H](O[C@@H]2O[C@H](CO)[C@@H](O[C@@H]3O[C@H](CO)[C@H](O)[C@H](O[C@]4(C(=O)O)C[C@H](O)[C@@H](NC(C)=O)[C@H]([C@H](O)[C@H](O)CO)O4)[C@H]3O)[C@H](O)[C@H]2NC(C)=O)[C@H](CO)NC(C)=O)O[C@H](CO)[C@@H](O[C@@H]2O[C@H](CO)[C@H](O)[C@H](O)[C@H]2O)[C@@H]1O. The van der Waals surface area contributed by atoms with Gasteiger partial charge in [-0.1, -0.05) is 0 Å². The summed E-state index contributed by atoms with van der Waals surface area (Å²) >= 11 is 0. The van der Waals surface area contributed by atoms with E-state index in [1.807, 2.05) is 0 Å². The molecule has 0 bridgehead atoms. The predicted octanol–water partition coefficient (Wildman–Crippen LogP) is -14.7. The summed E-state index contributed by atoms with van der Waals surface area (Å²) in [6.45, 7) is -3.64. The van der Waals surface area contributed by atoms with Crippen LogP contribution in [0.25, 0.3) is 0 Å². The van der Waals surface area contributed by atoms with Crippen LogP contribution in [0.1, 0.15) is 34.1 Å². The van der Waals surface area contributed by atoms with E-state index in [-0.39, 0.29) is 0 Å². The molecule has 0 aromatic rings. The van der Waals surface area contributed by atoms with E-state index in [9.17, 15) is 121 Å². The number of carboxylic acids is 1. The number of amides is 4. The van der Waals surface area contributed by atoms with E-state index in [2.05, 4.69) is 21.3 Å². The maximum atomic E-state index is 13.0. The smallest absolute Gasteiger partial charge is 0.364 e. The van der Waals surface area contributed by atoms with Crippen molar-refractivity contribution in [3.8, 4) is 0 Å². The number of nitrogens with one attached hydrogen (secondary N) is 4. The Morgan fingerprint density at radius 3 is 1.47 bits per heavy atom. The highest BCUT2D eigenvalue weighted by atomic mass is 16.8. The molecule has 0 aliphatic carbocycles. The number of rotatable bonds is 27. The number of hydrogen-bond donors (Lipinski definition) is 23. The van der Waals surface area contributed by atoms with Gasteiger partial charge in [-0.2, -0.15) is 0 Å². The van der Waals surface area contributed by atoms with E-state index in [0.717, 1.165) is 27.7 Å². The molecule has 0 unspecified atom stereocenters. The largest absolute Gasteiger partial charge is 0.477 e. The second kappa shape index (κ2) is 31.6. The third-order valence-electron chi connectivity index (χ3n) is 14.6. The molecule has 5 saturated heterocycles. The summed E-state index contributed by atoms with van der Waals surface area (Å²) in [5, 5.41) is 214. The van der Waals surface area contributed by atoms with Gasteiger partial charge in [-0.3, -0.25) is 19.2 Å². The monoisotopic (exact) mass is 1240 g/mol. The van der Waals surface area contributed by atoms with Crippen molar-refractivity contribution in [2.45, 2.75) is 217 Å². The van der Waals surface area contributed by atoms with Crippen LogP contribution >= 0.6 is 0 Å². The van der Waals surface area contributed by atoms with E-state index in [4.69, 9.17) is 47.4 Å². The molecule has 0 radical (unpaired) electrons. The number of aliphatic carboxylic acids is 1. The van der Waals surface area contributed by atoms with Gasteiger partial charge in [0.1, 0.15) is 134 Å². The molecule has 23 N–H and O–H groups in total. The van der Waals surface area contributed by atoms with Gasteiger partial charge in [0.15, 0.2) is 25.2 Å². The molecule has 5 heterocycles. The Labute approximate surface area is 482 Å². The Morgan fingerprint density at radius 2 is 1.00 bits per heavy atom. The fourth-order valence-corrected chi connectivity index (χ4v) is 10.3. The molecule has 5 aliphatic heterocycles. The van der Waals surface area contributed by atoms with E-state index in [1.54, 1.807) is 0 Å². The Hall–Kier alpha value is -3.77. The highest BCUT2D eigenvalue weighted by molar-refractivity contribution is 5.77. The van der Waals surface area contributed by atoms with Gasteiger partial charge in [-0.05, 0) is 0 Å². The molecule has 5 fully saturated rings. The lowest BCUT2D eigenvalue weighted by atomic mass is 9.88. The summed E-state index contributed by atoms with van der Waals surface area (Å²) < 4.78 is 57.2. The van der Waals surface area contributed by atoms with Gasteiger partial charge in [0.05, 0.1) is 64.4 Å². The molecule has 38 heteroatoms. The fraction of sp³-hybridized carbons (Fsp3) is 0.894. The predicted molar refractivity (Wildman–Crippen MR) is 265 cm³/mol. The third-order valence-corrected chi connectivity index (χ3v) is 14.6. The van der Waals surface area contributed by atoms with Crippen molar-refractivity contribution in [1.82, 2.24) is 21.3 Å². The zero-order chi connectivity index (χ0) is 63.7. The van der Waals surface area contributed by atoms with Crippen molar-refractivity contribution >= 4 is 29.6 Å². The maximum Gasteiger partial charge on any atom is 0.364 e.